The van der Waals surface area contributed by atoms with Crippen molar-refractivity contribution in [2.24, 2.45) is 0 Å². The molecule has 0 fully saturated rings. The molecule has 0 aliphatic heterocycles. The average Bonchev–Trinajstić information content (AvgIpc) is 2.46. The van der Waals surface area contributed by atoms with Crippen LogP contribution in [0, 0.1) is 5.82 Å². The molecule has 2 radical (unpaired) electrons. The Morgan fingerprint density at radius 3 is 2.65 bits per heavy atom. The quantitative estimate of drug-likeness (QED) is 0.517. The third kappa shape index (κ3) is 2.29. The molecule has 0 bridgehead atoms. The van der Waals surface area contributed by atoms with E-state index in [0.29, 0.717) is 28.1 Å². The Morgan fingerprint density at radius 1 is 1.10 bits per heavy atom. The summed E-state index contributed by atoms with van der Waals surface area (Å²) in [5.74, 6) is 0.00907. The minimum atomic E-state index is -0.300. The second-order valence-electron chi connectivity index (χ2n) is 4.56. The molecule has 3 rings (SSSR count). The van der Waals surface area contributed by atoms with Crippen LogP contribution in [0.15, 0.2) is 48.5 Å². The molecule has 0 saturated heterocycles. The summed E-state index contributed by atoms with van der Waals surface area (Å²) in [7, 11) is 5.96. The maximum Gasteiger partial charge on any atom is 0.123 e. The molecule has 20 heavy (non-hydrogen) atoms. The summed E-state index contributed by atoms with van der Waals surface area (Å²) < 4.78 is 13.4. The van der Waals surface area contributed by atoms with Gasteiger partial charge in [-0.2, -0.15) is 0 Å². The Hall–Kier alpha value is -1.87. The first-order valence-electron chi connectivity index (χ1n) is 6.19. The second-order valence-corrected chi connectivity index (χ2v) is 4.83. The fourth-order valence-electron chi connectivity index (χ4n) is 2.25. The molecule has 0 saturated carbocycles. The monoisotopic (exact) mass is 281 g/mol. The second kappa shape index (κ2) is 5.26. The van der Waals surface area contributed by atoms with Gasteiger partial charge in [-0.25, -0.2) is 9.37 Å². The summed E-state index contributed by atoms with van der Waals surface area (Å²) in [6, 6.07) is 13.9. The normalized spacial score (nSPS) is 10.9. The predicted molar refractivity (Wildman–Crippen MR) is 82.1 cm³/mol. The average molecular weight is 282 g/mol. The van der Waals surface area contributed by atoms with Crippen LogP contribution >= 0.6 is 11.6 Å². The highest BCUT2D eigenvalue weighted by molar-refractivity contribution is 6.38. The number of hydrogen-bond acceptors (Lipinski definition) is 1. The van der Waals surface area contributed by atoms with E-state index in [4.69, 9.17) is 19.4 Å². The molecule has 4 heteroatoms. The number of hydrogen-bond donors (Lipinski definition) is 0. The van der Waals surface area contributed by atoms with Crippen molar-refractivity contribution in [1.82, 2.24) is 4.98 Å². The number of fused-ring (bicyclic) bond motifs is 1. The van der Waals surface area contributed by atoms with Crippen LogP contribution in [0.3, 0.4) is 0 Å². The molecular formula is C16H10BClFN. The molecule has 0 aliphatic rings. The molecule has 96 valence electrons. The summed E-state index contributed by atoms with van der Waals surface area (Å²) in [5, 5.41) is 0.931. The zero-order chi connectivity index (χ0) is 14.1. The number of benzene rings is 2. The van der Waals surface area contributed by atoms with E-state index in [0.717, 1.165) is 10.9 Å². The molecule has 0 atom stereocenters. The lowest BCUT2D eigenvalue weighted by Gasteiger charge is -2.10. The Labute approximate surface area is 122 Å². The molecule has 0 unspecified atom stereocenters. The molecule has 1 nitrogen and oxygen atoms in total. The minimum absolute atomic E-state index is 0.300. The molecule has 0 N–H and O–H groups in total. The standard InChI is InChI=1S/C16H10BClFN/c17-14-6-2-4-10-7-12(9-18)15(20-16(10)14)11-3-1-5-13(19)8-11/h1-8H,9H2. The predicted octanol–water partition coefficient (Wildman–Crippen LogP) is 3.57. The van der Waals surface area contributed by atoms with Gasteiger partial charge in [-0.15, -0.1) is 11.6 Å². The van der Waals surface area contributed by atoms with Crippen LogP contribution in [0.5, 0.6) is 0 Å². The highest BCUT2D eigenvalue weighted by atomic mass is 35.5. The first-order chi connectivity index (χ1) is 9.69. The van der Waals surface area contributed by atoms with E-state index in [1.807, 2.05) is 24.3 Å². The van der Waals surface area contributed by atoms with Gasteiger partial charge in [-0.1, -0.05) is 35.8 Å². The molecular weight excluding hydrogens is 271 g/mol. The molecule has 3 aromatic rings. The maximum atomic E-state index is 13.4. The number of alkyl halides is 1. The molecule has 1 aromatic heterocycles. The lowest BCUT2D eigenvalue weighted by molar-refractivity contribution is 0.628. The van der Waals surface area contributed by atoms with Crippen LogP contribution in [0.1, 0.15) is 5.56 Å². The number of aromatic nitrogens is 1. The van der Waals surface area contributed by atoms with Crippen LogP contribution in [-0.4, -0.2) is 12.8 Å². The zero-order valence-electron chi connectivity index (χ0n) is 10.6. The van der Waals surface area contributed by atoms with Crippen molar-refractivity contribution in [3.63, 3.8) is 0 Å². The van der Waals surface area contributed by atoms with E-state index in [1.165, 1.54) is 12.1 Å². The summed E-state index contributed by atoms with van der Waals surface area (Å²) in [6.07, 6.45) is 0. The van der Waals surface area contributed by atoms with Crippen molar-refractivity contribution in [2.75, 3.05) is 0 Å². The van der Waals surface area contributed by atoms with Crippen LogP contribution < -0.4 is 5.46 Å². The first-order valence-corrected chi connectivity index (χ1v) is 6.72. The van der Waals surface area contributed by atoms with Gasteiger partial charge in [0.25, 0.3) is 0 Å². The molecule has 0 aliphatic carbocycles. The van der Waals surface area contributed by atoms with Gasteiger partial charge in [0.1, 0.15) is 13.7 Å². The Morgan fingerprint density at radius 2 is 1.90 bits per heavy atom. The van der Waals surface area contributed by atoms with E-state index in [2.05, 4.69) is 4.98 Å². The van der Waals surface area contributed by atoms with Crippen LogP contribution in [0.4, 0.5) is 4.39 Å². The SMILES string of the molecule is [B]c1cccc2cc(CCl)c(-c3cccc(F)c3)nc12. The van der Waals surface area contributed by atoms with Crippen molar-refractivity contribution in [2.45, 2.75) is 5.88 Å². The van der Waals surface area contributed by atoms with Gasteiger partial charge < -0.3 is 0 Å². The lowest BCUT2D eigenvalue weighted by Crippen LogP contribution is -2.06. The lowest BCUT2D eigenvalue weighted by atomic mass is 9.92. The fraction of sp³-hybridized carbons (Fsp3) is 0.0625. The summed E-state index contributed by atoms with van der Waals surface area (Å²) in [4.78, 5) is 4.58. The van der Waals surface area contributed by atoms with Gasteiger partial charge in [0, 0.05) is 11.4 Å². The van der Waals surface area contributed by atoms with Crippen molar-refractivity contribution >= 4 is 35.8 Å². The van der Waals surface area contributed by atoms with E-state index in [-0.39, 0.29) is 5.82 Å². The number of pyridine rings is 1. The third-order valence-corrected chi connectivity index (χ3v) is 3.49. The van der Waals surface area contributed by atoms with Crippen LogP contribution in [0.25, 0.3) is 22.2 Å². The van der Waals surface area contributed by atoms with Crippen molar-refractivity contribution in [3.05, 3.63) is 59.9 Å². The van der Waals surface area contributed by atoms with Crippen molar-refractivity contribution in [1.29, 1.82) is 0 Å². The molecule has 0 amide bonds. The highest BCUT2D eigenvalue weighted by Gasteiger charge is 2.10. The largest absolute Gasteiger partial charge is 0.248 e. The number of halogens is 2. The van der Waals surface area contributed by atoms with Gasteiger partial charge >= 0.3 is 0 Å². The fourth-order valence-corrected chi connectivity index (χ4v) is 2.46. The molecule has 0 spiro atoms. The van der Waals surface area contributed by atoms with Crippen molar-refractivity contribution < 1.29 is 4.39 Å². The minimum Gasteiger partial charge on any atom is -0.248 e. The van der Waals surface area contributed by atoms with Crippen LogP contribution in [-0.2, 0) is 5.88 Å². The number of rotatable bonds is 2. The summed E-state index contributed by atoms with van der Waals surface area (Å²) >= 11 is 6.00. The van der Waals surface area contributed by atoms with Gasteiger partial charge in [-0.05, 0) is 29.1 Å². The van der Waals surface area contributed by atoms with E-state index in [1.54, 1.807) is 12.1 Å². The van der Waals surface area contributed by atoms with Gasteiger partial charge in [0.05, 0.1) is 11.2 Å². The van der Waals surface area contributed by atoms with Crippen LogP contribution in [0.2, 0.25) is 0 Å². The number of nitrogens with zero attached hydrogens (tertiary/aromatic N) is 1. The smallest absolute Gasteiger partial charge is 0.123 e. The number of para-hydroxylation sites is 1. The van der Waals surface area contributed by atoms with E-state index in [9.17, 15) is 4.39 Å². The maximum absolute atomic E-state index is 13.4. The van der Waals surface area contributed by atoms with Gasteiger partial charge in [0.15, 0.2) is 0 Å². The summed E-state index contributed by atoms with van der Waals surface area (Å²) in [5.41, 5.74) is 3.54. The summed E-state index contributed by atoms with van der Waals surface area (Å²) in [6.45, 7) is 0. The third-order valence-electron chi connectivity index (χ3n) is 3.20. The Bertz CT molecular complexity index is 789. The highest BCUT2D eigenvalue weighted by Crippen LogP contribution is 2.26. The van der Waals surface area contributed by atoms with Crippen molar-refractivity contribution in [3.8, 4) is 11.3 Å². The molecule has 1 heterocycles. The van der Waals surface area contributed by atoms with E-state index >= 15 is 0 Å². The van der Waals surface area contributed by atoms with Gasteiger partial charge in [0.2, 0.25) is 0 Å². The van der Waals surface area contributed by atoms with Gasteiger partial charge in [-0.3, -0.25) is 0 Å². The van der Waals surface area contributed by atoms with E-state index < -0.39 is 0 Å². The Kier molecular flexibility index (Phi) is 3.45. The molecule has 2 aromatic carbocycles. The topological polar surface area (TPSA) is 12.9 Å². The first kappa shape index (κ1) is 13.1. The zero-order valence-corrected chi connectivity index (χ0v) is 11.4. The Balaban J connectivity index is 2.31.